The summed E-state index contributed by atoms with van der Waals surface area (Å²) in [6, 6.07) is 10.6. The lowest BCUT2D eigenvalue weighted by Crippen LogP contribution is -2.15. The summed E-state index contributed by atoms with van der Waals surface area (Å²) >= 11 is 1.31. The highest BCUT2D eigenvalue weighted by Crippen LogP contribution is 2.15. The van der Waals surface area contributed by atoms with Gasteiger partial charge in [-0.25, -0.2) is 9.78 Å². The number of carbonyl (C=O) groups is 1. The summed E-state index contributed by atoms with van der Waals surface area (Å²) in [5.74, 6) is -0.762. The van der Waals surface area contributed by atoms with E-state index in [-0.39, 0.29) is 17.7 Å². The molecule has 0 amide bonds. The number of hydrogen-bond donors (Lipinski definition) is 0. The molecule has 0 spiro atoms. The Hall–Kier alpha value is -3.44. The van der Waals surface area contributed by atoms with Crippen LogP contribution in [0, 0.1) is 11.3 Å². The Balaban J connectivity index is 1.72. The highest BCUT2D eigenvalue weighted by Gasteiger charge is 2.12. The van der Waals surface area contributed by atoms with Crippen molar-refractivity contribution in [2.24, 2.45) is 0 Å². The summed E-state index contributed by atoms with van der Waals surface area (Å²) in [4.78, 5) is 30.9. The van der Waals surface area contributed by atoms with Crippen LogP contribution in [-0.4, -0.2) is 29.4 Å². The second kappa shape index (κ2) is 7.85. The fourth-order valence-electron chi connectivity index (χ4n) is 2.35. The minimum atomic E-state index is -0.762. The van der Waals surface area contributed by atoms with Gasteiger partial charge in [-0.3, -0.25) is 9.20 Å². The van der Waals surface area contributed by atoms with E-state index in [4.69, 9.17) is 4.74 Å². The van der Waals surface area contributed by atoms with Crippen LogP contribution >= 0.6 is 11.3 Å². The van der Waals surface area contributed by atoms with Crippen LogP contribution in [0.3, 0.4) is 0 Å². The molecule has 136 valence electrons. The van der Waals surface area contributed by atoms with E-state index in [1.807, 2.05) is 49.3 Å². The van der Waals surface area contributed by atoms with Crippen LogP contribution in [0.4, 0.5) is 5.69 Å². The molecular formula is C19H16N4O3S. The molecule has 3 aromatic rings. The fourth-order valence-corrected chi connectivity index (χ4v) is 3.09. The van der Waals surface area contributed by atoms with Crippen molar-refractivity contribution in [1.29, 1.82) is 5.26 Å². The van der Waals surface area contributed by atoms with Gasteiger partial charge in [0.2, 0.25) is 0 Å². The lowest BCUT2D eigenvalue weighted by molar-refractivity contribution is -0.139. The van der Waals surface area contributed by atoms with Crippen LogP contribution in [-0.2, 0) is 16.1 Å². The van der Waals surface area contributed by atoms with Gasteiger partial charge in [0.25, 0.3) is 5.56 Å². The number of anilines is 1. The van der Waals surface area contributed by atoms with Gasteiger partial charge in [0, 0.05) is 37.4 Å². The molecule has 3 rings (SSSR count). The average Bonchev–Trinajstić information content (AvgIpc) is 3.13. The van der Waals surface area contributed by atoms with Gasteiger partial charge in [-0.15, -0.1) is 11.3 Å². The van der Waals surface area contributed by atoms with Gasteiger partial charge in [-0.05, 0) is 23.8 Å². The molecule has 0 N–H and O–H groups in total. The van der Waals surface area contributed by atoms with Crippen molar-refractivity contribution < 1.29 is 9.53 Å². The first-order chi connectivity index (χ1) is 13.0. The summed E-state index contributed by atoms with van der Waals surface area (Å²) < 4.78 is 6.56. The van der Waals surface area contributed by atoms with Gasteiger partial charge in [-0.2, -0.15) is 5.26 Å². The van der Waals surface area contributed by atoms with Crippen molar-refractivity contribution in [2.45, 2.75) is 6.61 Å². The maximum Gasteiger partial charge on any atom is 0.349 e. The molecule has 2 aromatic heterocycles. The van der Waals surface area contributed by atoms with Crippen molar-refractivity contribution in [2.75, 3.05) is 19.0 Å². The Kier molecular flexibility index (Phi) is 5.33. The molecule has 0 fully saturated rings. The van der Waals surface area contributed by atoms with E-state index >= 15 is 0 Å². The Bertz CT molecular complexity index is 1100. The number of nitriles is 1. The van der Waals surface area contributed by atoms with E-state index in [0.29, 0.717) is 16.2 Å². The maximum atomic E-state index is 12.2. The van der Waals surface area contributed by atoms with Crippen molar-refractivity contribution in [3.63, 3.8) is 0 Å². The van der Waals surface area contributed by atoms with Gasteiger partial charge in [0.1, 0.15) is 18.2 Å². The molecule has 27 heavy (non-hydrogen) atoms. The zero-order valence-electron chi connectivity index (χ0n) is 14.7. The van der Waals surface area contributed by atoms with Gasteiger partial charge in [0.05, 0.1) is 5.69 Å². The molecule has 2 heterocycles. The second-order valence-electron chi connectivity index (χ2n) is 5.87. The third-order valence-electron chi connectivity index (χ3n) is 3.77. The SMILES string of the molecule is CN(C)c1ccc(C=C(C#N)C(=O)OCc2cc(=O)n3ccsc3n2)cc1. The third kappa shape index (κ3) is 4.22. The normalized spacial score (nSPS) is 11.2. The zero-order chi connectivity index (χ0) is 19.4. The second-order valence-corrected chi connectivity index (χ2v) is 6.75. The number of esters is 1. The third-order valence-corrected chi connectivity index (χ3v) is 4.52. The first-order valence-corrected chi connectivity index (χ1v) is 8.88. The number of nitrogens with zero attached hydrogens (tertiary/aromatic N) is 4. The van der Waals surface area contributed by atoms with E-state index in [9.17, 15) is 14.9 Å². The molecule has 0 bridgehead atoms. The van der Waals surface area contributed by atoms with Crippen LogP contribution < -0.4 is 10.5 Å². The smallest absolute Gasteiger partial charge is 0.349 e. The summed E-state index contributed by atoms with van der Waals surface area (Å²) in [6.07, 6.45) is 3.09. The first kappa shape index (κ1) is 18.4. The Labute approximate surface area is 159 Å². The molecule has 0 saturated heterocycles. The molecule has 8 heteroatoms. The topological polar surface area (TPSA) is 87.7 Å². The van der Waals surface area contributed by atoms with Crippen LogP contribution in [0.15, 0.2) is 52.3 Å². The first-order valence-electron chi connectivity index (χ1n) is 8.00. The highest BCUT2D eigenvalue weighted by atomic mass is 32.1. The molecule has 0 atom stereocenters. The lowest BCUT2D eigenvalue weighted by atomic mass is 10.1. The molecule has 7 nitrogen and oxygen atoms in total. The number of thiazole rings is 1. The van der Waals surface area contributed by atoms with Gasteiger partial charge < -0.3 is 9.64 Å². The molecular weight excluding hydrogens is 364 g/mol. The lowest BCUT2D eigenvalue weighted by Gasteiger charge is -2.11. The fraction of sp³-hybridized carbons (Fsp3) is 0.158. The number of rotatable bonds is 5. The number of ether oxygens (including phenoxy) is 1. The van der Waals surface area contributed by atoms with E-state index in [1.165, 1.54) is 27.9 Å². The monoisotopic (exact) mass is 380 g/mol. The summed E-state index contributed by atoms with van der Waals surface area (Å²) in [7, 11) is 3.85. The quantitative estimate of drug-likeness (QED) is 0.384. The van der Waals surface area contributed by atoms with Crippen molar-refractivity contribution in [3.8, 4) is 6.07 Å². The highest BCUT2D eigenvalue weighted by molar-refractivity contribution is 7.15. The van der Waals surface area contributed by atoms with E-state index < -0.39 is 5.97 Å². The molecule has 0 aliphatic rings. The Morgan fingerprint density at radius 3 is 2.78 bits per heavy atom. The van der Waals surface area contributed by atoms with Crippen LogP contribution in [0.2, 0.25) is 0 Å². The molecule has 0 saturated carbocycles. The summed E-state index contributed by atoms with van der Waals surface area (Å²) in [6.45, 7) is -0.180. The van der Waals surface area contributed by atoms with Crippen molar-refractivity contribution in [3.05, 3.63) is 69.1 Å². The van der Waals surface area contributed by atoms with E-state index in [2.05, 4.69) is 4.98 Å². The number of fused-ring (bicyclic) bond motifs is 1. The molecule has 0 aliphatic carbocycles. The molecule has 0 radical (unpaired) electrons. The number of benzene rings is 1. The summed E-state index contributed by atoms with van der Waals surface area (Å²) in [5, 5.41) is 11.0. The van der Waals surface area contributed by atoms with Gasteiger partial charge in [0.15, 0.2) is 4.96 Å². The number of aromatic nitrogens is 2. The minimum Gasteiger partial charge on any atom is -0.455 e. The average molecular weight is 380 g/mol. The standard InChI is InChI=1S/C19H16N4O3S/c1-22(2)16-5-3-13(4-6-16)9-14(11-20)18(25)26-12-15-10-17(24)23-7-8-27-19(23)21-15/h3-10H,12H2,1-2H3. The largest absolute Gasteiger partial charge is 0.455 e. The van der Waals surface area contributed by atoms with Gasteiger partial charge >= 0.3 is 5.97 Å². The van der Waals surface area contributed by atoms with E-state index in [1.54, 1.807) is 11.6 Å². The number of carbonyl (C=O) groups excluding carboxylic acids is 1. The predicted molar refractivity (Wildman–Crippen MR) is 103 cm³/mol. The molecule has 0 aliphatic heterocycles. The van der Waals surface area contributed by atoms with Crippen LogP contribution in [0.25, 0.3) is 11.0 Å². The number of hydrogen-bond acceptors (Lipinski definition) is 7. The van der Waals surface area contributed by atoms with E-state index in [0.717, 1.165) is 5.69 Å². The zero-order valence-corrected chi connectivity index (χ0v) is 15.6. The Morgan fingerprint density at radius 2 is 2.11 bits per heavy atom. The van der Waals surface area contributed by atoms with Crippen molar-refractivity contribution >= 4 is 34.0 Å². The van der Waals surface area contributed by atoms with Crippen LogP contribution in [0.1, 0.15) is 11.3 Å². The van der Waals surface area contributed by atoms with Crippen molar-refractivity contribution in [1.82, 2.24) is 9.38 Å². The maximum absolute atomic E-state index is 12.2. The molecule has 1 aromatic carbocycles. The summed E-state index contributed by atoms with van der Waals surface area (Å²) in [5.41, 5.74) is 1.69. The minimum absolute atomic E-state index is 0.124. The van der Waals surface area contributed by atoms with Gasteiger partial charge in [-0.1, -0.05) is 12.1 Å². The van der Waals surface area contributed by atoms with Crippen LogP contribution in [0.5, 0.6) is 0 Å². The Morgan fingerprint density at radius 1 is 1.37 bits per heavy atom. The predicted octanol–water partition coefficient (Wildman–Crippen LogP) is 2.47. The molecule has 0 unspecified atom stereocenters.